The highest BCUT2D eigenvalue weighted by Crippen LogP contribution is 2.11. The summed E-state index contributed by atoms with van der Waals surface area (Å²) in [4.78, 5) is 16.7. The fraction of sp³-hybridized carbons (Fsp3) is 0.391. The molecule has 0 fully saturated rings. The summed E-state index contributed by atoms with van der Waals surface area (Å²) < 4.78 is 5.74. The predicted molar refractivity (Wildman–Crippen MR) is 134 cm³/mol. The van der Waals surface area contributed by atoms with Crippen molar-refractivity contribution in [3.63, 3.8) is 0 Å². The van der Waals surface area contributed by atoms with Crippen LogP contribution in [0.1, 0.15) is 41.8 Å². The number of halogens is 1. The van der Waals surface area contributed by atoms with Gasteiger partial charge in [0.2, 0.25) is 0 Å². The van der Waals surface area contributed by atoms with E-state index in [1.165, 1.54) is 5.56 Å². The summed E-state index contributed by atoms with van der Waals surface area (Å²) in [6, 6.07) is 15.6. The fourth-order valence-corrected chi connectivity index (χ4v) is 2.64. The average Bonchev–Trinajstić information content (AvgIpc) is 2.74. The molecule has 0 aromatic heterocycles. The lowest BCUT2D eigenvalue weighted by Crippen LogP contribution is -2.39. The van der Waals surface area contributed by atoms with Crippen molar-refractivity contribution in [2.24, 2.45) is 4.99 Å². The molecule has 0 saturated heterocycles. The van der Waals surface area contributed by atoms with E-state index in [0.29, 0.717) is 31.8 Å². The maximum absolute atomic E-state index is 12.1. The standard InChI is InChI=1S/C23H32N4O2.HI/c1-4-13-25-22(28)20-8-6-7-19(16-20)17-27-23(24-5-2)26-14-15-29-21-11-9-18(3)10-12-21;/h6-12,16H,4-5,13-15,17H2,1-3H3,(H,25,28)(H2,24,26,27);1H. The molecule has 1 amide bonds. The third kappa shape index (κ3) is 9.47. The monoisotopic (exact) mass is 524 g/mol. The van der Waals surface area contributed by atoms with Crippen LogP contribution in [0.5, 0.6) is 5.75 Å². The quantitative estimate of drug-likeness (QED) is 0.191. The van der Waals surface area contributed by atoms with Crippen LogP contribution in [0.25, 0.3) is 0 Å². The van der Waals surface area contributed by atoms with Gasteiger partial charge >= 0.3 is 0 Å². The first-order chi connectivity index (χ1) is 14.1. The molecular weight excluding hydrogens is 491 g/mol. The summed E-state index contributed by atoms with van der Waals surface area (Å²) in [6.45, 7) is 9.23. The predicted octanol–water partition coefficient (Wildman–Crippen LogP) is 3.89. The number of hydrogen-bond acceptors (Lipinski definition) is 3. The van der Waals surface area contributed by atoms with Gasteiger partial charge < -0.3 is 20.7 Å². The van der Waals surface area contributed by atoms with Crippen molar-refractivity contribution in [2.45, 2.75) is 33.7 Å². The number of guanidine groups is 1. The molecule has 0 unspecified atom stereocenters. The molecule has 0 atom stereocenters. The number of nitrogens with one attached hydrogen (secondary N) is 3. The lowest BCUT2D eigenvalue weighted by Gasteiger charge is -2.12. The molecule has 2 aromatic rings. The number of aliphatic imine (C=N–C) groups is 1. The van der Waals surface area contributed by atoms with Crippen molar-refractivity contribution in [2.75, 3.05) is 26.2 Å². The van der Waals surface area contributed by atoms with Crippen LogP contribution in [0.15, 0.2) is 53.5 Å². The van der Waals surface area contributed by atoms with E-state index in [0.717, 1.165) is 30.2 Å². The first-order valence-electron chi connectivity index (χ1n) is 10.2. The molecule has 0 bridgehead atoms. The van der Waals surface area contributed by atoms with Gasteiger partial charge in [-0.05, 0) is 50.1 Å². The van der Waals surface area contributed by atoms with Crippen LogP contribution < -0.4 is 20.7 Å². The van der Waals surface area contributed by atoms with Gasteiger partial charge in [-0.3, -0.25) is 4.79 Å². The molecule has 0 aliphatic rings. The zero-order valence-electron chi connectivity index (χ0n) is 18.0. The van der Waals surface area contributed by atoms with E-state index in [1.807, 2.05) is 62.4 Å². The van der Waals surface area contributed by atoms with Crippen LogP contribution in [-0.2, 0) is 6.54 Å². The number of ether oxygens (including phenoxy) is 1. The number of rotatable bonds is 10. The number of carbonyl (C=O) groups is 1. The zero-order valence-corrected chi connectivity index (χ0v) is 20.4. The van der Waals surface area contributed by atoms with Crippen molar-refractivity contribution in [1.29, 1.82) is 0 Å². The number of aryl methyl sites for hydroxylation is 1. The normalized spacial score (nSPS) is 10.7. The third-order valence-corrected chi connectivity index (χ3v) is 4.17. The molecule has 2 aromatic carbocycles. The van der Waals surface area contributed by atoms with E-state index in [2.05, 4.69) is 27.9 Å². The van der Waals surface area contributed by atoms with E-state index in [1.54, 1.807) is 0 Å². The topological polar surface area (TPSA) is 74.8 Å². The van der Waals surface area contributed by atoms with Crippen LogP contribution in [0.4, 0.5) is 0 Å². The van der Waals surface area contributed by atoms with Crippen LogP contribution in [-0.4, -0.2) is 38.1 Å². The van der Waals surface area contributed by atoms with Crippen molar-refractivity contribution in [3.8, 4) is 5.75 Å². The second kappa shape index (κ2) is 14.7. The Labute approximate surface area is 196 Å². The minimum absolute atomic E-state index is 0. The number of amides is 1. The summed E-state index contributed by atoms with van der Waals surface area (Å²) in [5.74, 6) is 1.54. The summed E-state index contributed by atoms with van der Waals surface area (Å²) in [6.07, 6.45) is 0.918. The maximum atomic E-state index is 12.1. The van der Waals surface area contributed by atoms with Crippen molar-refractivity contribution < 1.29 is 9.53 Å². The van der Waals surface area contributed by atoms with Crippen molar-refractivity contribution >= 4 is 35.8 Å². The lowest BCUT2D eigenvalue weighted by atomic mass is 10.1. The molecule has 7 heteroatoms. The van der Waals surface area contributed by atoms with Crippen LogP contribution in [0.2, 0.25) is 0 Å². The third-order valence-electron chi connectivity index (χ3n) is 4.17. The molecule has 164 valence electrons. The highest BCUT2D eigenvalue weighted by Gasteiger charge is 2.05. The Morgan fingerprint density at radius 1 is 1.00 bits per heavy atom. The molecule has 0 saturated carbocycles. The Kier molecular flexibility index (Phi) is 12.6. The smallest absolute Gasteiger partial charge is 0.251 e. The van der Waals surface area contributed by atoms with E-state index in [9.17, 15) is 4.79 Å². The molecule has 6 nitrogen and oxygen atoms in total. The second-order valence-corrected chi connectivity index (χ2v) is 6.74. The second-order valence-electron chi connectivity index (χ2n) is 6.74. The Morgan fingerprint density at radius 3 is 2.47 bits per heavy atom. The number of carbonyl (C=O) groups excluding carboxylic acids is 1. The summed E-state index contributed by atoms with van der Waals surface area (Å²) in [5.41, 5.74) is 2.86. The van der Waals surface area contributed by atoms with Crippen LogP contribution in [0, 0.1) is 6.92 Å². The molecular formula is C23H33IN4O2. The molecule has 0 heterocycles. The van der Waals surface area contributed by atoms with Gasteiger partial charge in [0.25, 0.3) is 5.91 Å². The van der Waals surface area contributed by atoms with Crippen molar-refractivity contribution in [1.82, 2.24) is 16.0 Å². The molecule has 2 rings (SSSR count). The van der Waals surface area contributed by atoms with E-state index >= 15 is 0 Å². The van der Waals surface area contributed by atoms with Gasteiger partial charge in [0.05, 0.1) is 13.1 Å². The van der Waals surface area contributed by atoms with Gasteiger partial charge in [-0.25, -0.2) is 4.99 Å². The van der Waals surface area contributed by atoms with Gasteiger partial charge in [-0.2, -0.15) is 0 Å². The molecule has 0 aliphatic heterocycles. The summed E-state index contributed by atoms with van der Waals surface area (Å²) >= 11 is 0. The minimum atomic E-state index is -0.0454. The van der Waals surface area contributed by atoms with E-state index in [4.69, 9.17) is 4.74 Å². The van der Waals surface area contributed by atoms with Gasteiger partial charge in [0, 0.05) is 18.7 Å². The first-order valence-corrected chi connectivity index (χ1v) is 10.2. The van der Waals surface area contributed by atoms with Crippen LogP contribution >= 0.6 is 24.0 Å². The van der Waals surface area contributed by atoms with Gasteiger partial charge in [0.15, 0.2) is 5.96 Å². The molecule has 0 aliphatic carbocycles. The fourth-order valence-electron chi connectivity index (χ4n) is 2.64. The number of nitrogens with zero attached hydrogens (tertiary/aromatic N) is 1. The summed E-state index contributed by atoms with van der Waals surface area (Å²) in [7, 11) is 0. The average molecular weight is 524 g/mol. The first kappa shape index (κ1) is 25.7. The van der Waals surface area contributed by atoms with Gasteiger partial charge in [0.1, 0.15) is 12.4 Å². The zero-order chi connectivity index (χ0) is 20.9. The minimum Gasteiger partial charge on any atom is -0.492 e. The SMILES string of the molecule is CCCNC(=O)c1cccc(CN=C(NCC)NCCOc2ccc(C)cc2)c1.I. The Hall–Kier alpha value is -2.29. The molecule has 0 radical (unpaired) electrons. The molecule has 3 N–H and O–H groups in total. The van der Waals surface area contributed by atoms with Crippen LogP contribution in [0.3, 0.4) is 0 Å². The molecule has 0 spiro atoms. The Balaban J connectivity index is 0.00000450. The highest BCUT2D eigenvalue weighted by atomic mass is 127. The Morgan fingerprint density at radius 2 is 1.77 bits per heavy atom. The van der Waals surface area contributed by atoms with E-state index < -0.39 is 0 Å². The Bertz CT molecular complexity index is 794. The highest BCUT2D eigenvalue weighted by molar-refractivity contribution is 14.0. The number of hydrogen-bond donors (Lipinski definition) is 3. The van der Waals surface area contributed by atoms with Crippen molar-refractivity contribution in [3.05, 3.63) is 65.2 Å². The maximum Gasteiger partial charge on any atom is 0.251 e. The number of benzene rings is 2. The molecule has 30 heavy (non-hydrogen) atoms. The largest absolute Gasteiger partial charge is 0.492 e. The van der Waals surface area contributed by atoms with Gasteiger partial charge in [-0.15, -0.1) is 24.0 Å². The lowest BCUT2D eigenvalue weighted by molar-refractivity contribution is 0.0953. The van der Waals surface area contributed by atoms with E-state index in [-0.39, 0.29) is 29.9 Å². The summed E-state index contributed by atoms with van der Waals surface area (Å²) in [5, 5.41) is 9.40. The van der Waals surface area contributed by atoms with Gasteiger partial charge in [-0.1, -0.05) is 36.8 Å².